The minimum absolute atomic E-state index is 0.522. The zero-order chi connectivity index (χ0) is 33.6. The van der Waals surface area contributed by atoms with E-state index in [0.717, 1.165) is 44.0 Å². The molecule has 4 heteroatoms. The summed E-state index contributed by atoms with van der Waals surface area (Å²) in [4.78, 5) is 14.8. The van der Waals surface area contributed by atoms with E-state index in [1.165, 1.54) is 32.3 Å². The molecule has 7 aromatic carbocycles. The van der Waals surface area contributed by atoms with Gasteiger partial charge in [0.25, 0.3) is 0 Å². The Morgan fingerprint density at radius 3 is 1.54 bits per heavy atom. The second-order valence-electron chi connectivity index (χ2n) is 12.4. The molecule has 50 heavy (non-hydrogen) atoms. The highest BCUT2D eigenvalue weighted by molar-refractivity contribution is 6.25. The molecule has 0 atom stereocenters. The SMILES string of the molecule is C=c1/c(=C(\C=C/C)c2nc(-c3ccccc3)nc(-c3ccccc3)n2)oc2cc(-c3ccc4c5ccccc5c5ccccc5c4c3)ccc12. The van der Waals surface area contributed by atoms with E-state index in [2.05, 4.69) is 91.5 Å². The van der Waals surface area contributed by atoms with Crippen LogP contribution in [0.15, 0.2) is 162 Å². The third-order valence-corrected chi connectivity index (χ3v) is 9.39. The summed E-state index contributed by atoms with van der Waals surface area (Å²) in [5.41, 5.74) is 6.16. The van der Waals surface area contributed by atoms with Crippen LogP contribution < -0.4 is 10.6 Å². The Morgan fingerprint density at radius 1 is 0.500 bits per heavy atom. The van der Waals surface area contributed by atoms with Gasteiger partial charge < -0.3 is 4.42 Å². The van der Waals surface area contributed by atoms with E-state index >= 15 is 0 Å². The highest BCUT2D eigenvalue weighted by atomic mass is 16.3. The van der Waals surface area contributed by atoms with Crippen LogP contribution in [0.1, 0.15) is 12.7 Å². The summed E-state index contributed by atoms with van der Waals surface area (Å²) in [5, 5.41) is 9.26. The number of aromatic nitrogens is 3. The first-order valence-electron chi connectivity index (χ1n) is 16.8. The minimum Gasteiger partial charge on any atom is -0.455 e. The summed E-state index contributed by atoms with van der Waals surface area (Å²) in [6.07, 6.45) is 3.97. The van der Waals surface area contributed by atoms with Gasteiger partial charge in [0.2, 0.25) is 0 Å². The Balaban J connectivity index is 1.23. The first kappa shape index (κ1) is 29.5. The Hall–Kier alpha value is -6.65. The molecule has 0 radical (unpaired) electrons. The van der Waals surface area contributed by atoms with Crippen LogP contribution in [0.3, 0.4) is 0 Å². The predicted octanol–water partition coefficient (Wildman–Crippen LogP) is 10.3. The average molecular weight is 642 g/mol. The number of hydrogen-bond donors (Lipinski definition) is 0. The van der Waals surface area contributed by atoms with E-state index in [-0.39, 0.29) is 0 Å². The summed E-state index contributed by atoms with van der Waals surface area (Å²) >= 11 is 0. The van der Waals surface area contributed by atoms with Crippen LogP contribution in [0.5, 0.6) is 0 Å². The van der Waals surface area contributed by atoms with E-state index in [4.69, 9.17) is 19.4 Å². The van der Waals surface area contributed by atoms with Crippen LogP contribution in [0.4, 0.5) is 0 Å². The van der Waals surface area contributed by atoms with E-state index in [1.807, 2.05) is 79.7 Å². The molecular formula is C46H31N3O. The zero-order valence-corrected chi connectivity index (χ0v) is 27.5. The first-order chi connectivity index (χ1) is 24.7. The van der Waals surface area contributed by atoms with E-state index < -0.39 is 0 Å². The molecule has 0 saturated heterocycles. The minimum atomic E-state index is 0.522. The third kappa shape index (κ3) is 4.97. The van der Waals surface area contributed by atoms with E-state index in [0.29, 0.717) is 22.9 Å². The molecule has 0 fully saturated rings. The van der Waals surface area contributed by atoms with Crippen LogP contribution >= 0.6 is 0 Å². The predicted molar refractivity (Wildman–Crippen MR) is 207 cm³/mol. The Kier molecular flexibility index (Phi) is 7.14. The van der Waals surface area contributed by atoms with Gasteiger partial charge in [-0.2, -0.15) is 0 Å². The van der Waals surface area contributed by atoms with Crippen molar-refractivity contribution in [3.05, 3.63) is 174 Å². The fourth-order valence-corrected chi connectivity index (χ4v) is 6.98. The van der Waals surface area contributed by atoms with Gasteiger partial charge in [0.05, 0.1) is 5.57 Å². The van der Waals surface area contributed by atoms with Crippen molar-refractivity contribution in [1.29, 1.82) is 0 Å². The molecule has 0 N–H and O–H groups in total. The molecule has 0 aliphatic heterocycles. The fraction of sp³-hybridized carbons (Fsp3) is 0.0217. The van der Waals surface area contributed by atoms with Crippen LogP contribution in [0.25, 0.3) is 89.3 Å². The molecule has 0 saturated carbocycles. The zero-order valence-electron chi connectivity index (χ0n) is 27.5. The standard InChI is InChI=1S/C46H31N3O/c1-3-14-40(46-48-44(30-15-6-4-7-16-30)47-45(49-46)31-17-8-5-9-18-31)43-29(2)34-25-23-33(28-42(34)50-43)32-24-26-39-37-21-11-10-19-35(37)36-20-12-13-22-38(36)41(39)27-32/h3-28H,2H2,1H3/b14-3-,43-40-. The summed E-state index contributed by atoms with van der Waals surface area (Å²) in [7, 11) is 0. The van der Waals surface area contributed by atoms with Gasteiger partial charge in [-0.05, 0) is 68.6 Å². The number of hydrogen-bond acceptors (Lipinski definition) is 4. The molecule has 236 valence electrons. The highest BCUT2D eigenvalue weighted by Crippen LogP contribution is 2.37. The smallest absolute Gasteiger partial charge is 0.167 e. The van der Waals surface area contributed by atoms with Gasteiger partial charge in [0, 0.05) is 21.7 Å². The summed E-state index contributed by atoms with van der Waals surface area (Å²) in [5.74, 6) is 1.71. The normalized spacial score (nSPS) is 12.4. The maximum absolute atomic E-state index is 6.69. The van der Waals surface area contributed by atoms with Crippen molar-refractivity contribution in [1.82, 2.24) is 15.0 Å². The van der Waals surface area contributed by atoms with Crippen molar-refractivity contribution in [3.63, 3.8) is 0 Å². The molecule has 4 nitrogen and oxygen atoms in total. The molecule has 0 amide bonds. The average Bonchev–Trinajstić information content (AvgIpc) is 3.52. The quantitative estimate of drug-likeness (QED) is 0.176. The topological polar surface area (TPSA) is 51.8 Å². The lowest BCUT2D eigenvalue weighted by atomic mass is 9.92. The molecular weight excluding hydrogens is 611 g/mol. The van der Waals surface area contributed by atoms with Crippen molar-refractivity contribution < 1.29 is 4.42 Å². The van der Waals surface area contributed by atoms with Crippen LogP contribution in [0.2, 0.25) is 0 Å². The number of allylic oxidation sites excluding steroid dienone is 2. The van der Waals surface area contributed by atoms with Gasteiger partial charge >= 0.3 is 0 Å². The van der Waals surface area contributed by atoms with Crippen molar-refractivity contribution >= 4 is 55.4 Å². The van der Waals surface area contributed by atoms with Gasteiger partial charge in [0.1, 0.15) is 11.0 Å². The molecule has 0 aliphatic rings. The van der Waals surface area contributed by atoms with Gasteiger partial charge in [-0.3, -0.25) is 0 Å². The van der Waals surface area contributed by atoms with E-state index in [9.17, 15) is 0 Å². The van der Waals surface area contributed by atoms with Crippen LogP contribution in [-0.4, -0.2) is 15.0 Å². The summed E-state index contributed by atoms with van der Waals surface area (Å²) in [6, 6.07) is 50.4. The number of fused-ring (bicyclic) bond motifs is 7. The first-order valence-corrected chi connectivity index (χ1v) is 16.8. The summed E-state index contributed by atoms with van der Waals surface area (Å²) in [6.45, 7) is 6.47. The largest absolute Gasteiger partial charge is 0.455 e. The molecule has 0 unspecified atom stereocenters. The monoisotopic (exact) mass is 641 g/mol. The lowest BCUT2D eigenvalue weighted by Gasteiger charge is -2.12. The number of furan rings is 1. The third-order valence-electron chi connectivity index (χ3n) is 9.39. The molecule has 2 aromatic heterocycles. The highest BCUT2D eigenvalue weighted by Gasteiger charge is 2.16. The molecule has 0 bridgehead atoms. The maximum Gasteiger partial charge on any atom is 0.167 e. The van der Waals surface area contributed by atoms with Gasteiger partial charge in [-0.15, -0.1) is 0 Å². The van der Waals surface area contributed by atoms with Crippen molar-refractivity contribution in [3.8, 4) is 33.9 Å². The van der Waals surface area contributed by atoms with E-state index in [1.54, 1.807) is 0 Å². The van der Waals surface area contributed by atoms with Crippen molar-refractivity contribution in [2.24, 2.45) is 0 Å². The van der Waals surface area contributed by atoms with Crippen LogP contribution in [-0.2, 0) is 0 Å². The van der Waals surface area contributed by atoms with Crippen molar-refractivity contribution in [2.45, 2.75) is 6.92 Å². The lowest BCUT2D eigenvalue weighted by Crippen LogP contribution is -2.22. The maximum atomic E-state index is 6.69. The fourth-order valence-electron chi connectivity index (χ4n) is 6.98. The molecule has 9 rings (SSSR count). The number of benzene rings is 7. The van der Waals surface area contributed by atoms with Crippen molar-refractivity contribution in [2.75, 3.05) is 0 Å². The number of nitrogens with zero attached hydrogens (tertiary/aromatic N) is 3. The van der Waals surface area contributed by atoms with Crippen LogP contribution in [0, 0.1) is 0 Å². The second-order valence-corrected chi connectivity index (χ2v) is 12.4. The van der Waals surface area contributed by atoms with Gasteiger partial charge in [0.15, 0.2) is 17.5 Å². The van der Waals surface area contributed by atoms with Gasteiger partial charge in [-0.25, -0.2) is 15.0 Å². The molecule has 0 spiro atoms. The summed E-state index contributed by atoms with van der Waals surface area (Å²) < 4.78 is 6.69. The second kappa shape index (κ2) is 12.1. The molecule has 2 heterocycles. The lowest BCUT2D eigenvalue weighted by molar-refractivity contribution is 0.573. The molecule has 9 aromatic rings. The Labute approximate surface area is 289 Å². The Morgan fingerprint density at radius 2 is 0.980 bits per heavy atom. The molecule has 0 aliphatic carbocycles. The Bertz CT molecular complexity index is 2800. The van der Waals surface area contributed by atoms with Gasteiger partial charge in [-0.1, -0.05) is 146 Å². The number of rotatable bonds is 5.